The Hall–Kier alpha value is -2.15. The molecule has 0 bridgehead atoms. The molecule has 5 nitrogen and oxygen atoms in total. The number of hydrogen-bond donors (Lipinski definition) is 1. The lowest BCUT2D eigenvalue weighted by Crippen LogP contribution is -2.03. The molecule has 0 aromatic heterocycles. The van der Waals surface area contributed by atoms with Gasteiger partial charge in [-0.25, -0.2) is 4.39 Å². The number of anilines is 1. The van der Waals surface area contributed by atoms with Gasteiger partial charge in [-0.2, -0.15) is 0 Å². The van der Waals surface area contributed by atoms with Gasteiger partial charge < -0.3 is 10.5 Å². The second-order valence-corrected chi connectivity index (χ2v) is 4.92. The van der Waals surface area contributed by atoms with Crippen molar-refractivity contribution in [3.63, 3.8) is 0 Å². The molecule has 104 valence electrons. The summed E-state index contributed by atoms with van der Waals surface area (Å²) < 4.78 is 19.1. The highest BCUT2D eigenvalue weighted by Crippen LogP contribution is 2.27. The Balaban J connectivity index is 2.19. The molecule has 0 aliphatic rings. The summed E-state index contributed by atoms with van der Waals surface area (Å²) >= 11 is 3.15. The van der Waals surface area contributed by atoms with Crippen LogP contribution in [-0.4, -0.2) is 4.92 Å². The summed E-state index contributed by atoms with van der Waals surface area (Å²) in [6.45, 7) is 0.0173. The number of nitro groups is 1. The molecule has 0 heterocycles. The van der Waals surface area contributed by atoms with E-state index < -0.39 is 10.7 Å². The number of halogens is 2. The number of para-hydroxylation sites is 1. The van der Waals surface area contributed by atoms with Crippen LogP contribution in [-0.2, 0) is 6.61 Å². The van der Waals surface area contributed by atoms with Crippen molar-refractivity contribution in [2.75, 3.05) is 5.73 Å². The molecule has 2 aromatic rings. The van der Waals surface area contributed by atoms with Gasteiger partial charge in [-0.3, -0.25) is 10.1 Å². The van der Waals surface area contributed by atoms with Crippen molar-refractivity contribution < 1.29 is 14.1 Å². The molecule has 0 aliphatic heterocycles. The lowest BCUT2D eigenvalue weighted by Gasteiger charge is -2.09. The highest BCUT2D eigenvalue weighted by Gasteiger charge is 2.14. The lowest BCUT2D eigenvalue weighted by atomic mass is 10.1. The summed E-state index contributed by atoms with van der Waals surface area (Å²) in [5, 5.41) is 10.8. The number of ether oxygens (including phenoxy) is 1. The first-order valence-corrected chi connectivity index (χ1v) is 6.37. The summed E-state index contributed by atoms with van der Waals surface area (Å²) in [5.74, 6) is -0.135. The molecule has 0 unspecified atom stereocenters. The smallest absolute Gasteiger partial charge is 0.292 e. The fourth-order valence-corrected chi connectivity index (χ4v) is 2.10. The minimum absolute atomic E-state index is 0.0173. The minimum Gasteiger partial charge on any atom is -0.489 e. The van der Waals surface area contributed by atoms with E-state index in [0.29, 0.717) is 15.8 Å². The molecule has 20 heavy (non-hydrogen) atoms. The molecule has 2 rings (SSSR count). The molecule has 2 aromatic carbocycles. The van der Waals surface area contributed by atoms with Gasteiger partial charge >= 0.3 is 0 Å². The first-order chi connectivity index (χ1) is 9.47. The molecule has 0 saturated heterocycles. The molecule has 0 saturated carbocycles. The van der Waals surface area contributed by atoms with Gasteiger partial charge in [0.25, 0.3) is 5.69 Å². The standard InChI is InChI=1S/C13H10BrFN2O3/c14-9-4-10(15)6-11(5-9)20-7-8-2-1-3-12(13(8)16)17(18)19/h1-6H,7,16H2. The third kappa shape index (κ3) is 3.24. The first kappa shape index (κ1) is 14.3. The van der Waals surface area contributed by atoms with Crippen LogP contribution in [0.15, 0.2) is 40.9 Å². The Morgan fingerprint density at radius 3 is 2.75 bits per heavy atom. The normalized spacial score (nSPS) is 10.3. The minimum atomic E-state index is -0.558. The third-order valence-corrected chi connectivity index (χ3v) is 3.06. The second-order valence-electron chi connectivity index (χ2n) is 4.00. The van der Waals surface area contributed by atoms with Crippen LogP contribution < -0.4 is 10.5 Å². The Bertz CT molecular complexity index is 644. The van der Waals surface area contributed by atoms with E-state index in [-0.39, 0.29) is 18.0 Å². The molecule has 0 amide bonds. The van der Waals surface area contributed by atoms with Crippen LogP contribution in [0.2, 0.25) is 0 Å². The van der Waals surface area contributed by atoms with Gasteiger partial charge in [0, 0.05) is 22.2 Å². The maximum atomic E-state index is 13.2. The van der Waals surface area contributed by atoms with E-state index >= 15 is 0 Å². The van der Waals surface area contributed by atoms with Gasteiger partial charge in [-0.1, -0.05) is 28.1 Å². The number of benzene rings is 2. The fraction of sp³-hybridized carbons (Fsp3) is 0.0769. The van der Waals surface area contributed by atoms with Gasteiger partial charge in [0.15, 0.2) is 0 Å². The Morgan fingerprint density at radius 1 is 1.35 bits per heavy atom. The number of nitro benzene ring substituents is 1. The van der Waals surface area contributed by atoms with E-state index in [1.165, 1.54) is 24.3 Å². The second kappa shape index (κ2) is 5.87. The van der Waals surface area contributed by atoms with E-state index in [1.54, 1.807) is 12.1 Å². The highest BCUT2D eigenvalue weighted by atomic mass is 79.9. The summed E-state index contributed by atoms with van der Waals surface area (Å²) in [4.78, 5) is 10.2. The number of nitrogens with zero attached hydrogens (tertiary/aromatic N) is 1. The Labute approximate surface area is 122 Å². The maximum absolute atomic E-state index is 13.2. The first-order valence-electron chi connectivity index (χ1n) is 5.58. The van der Waals surface area contributed by atoms with E-state index in [9.17, 15) is 14.5 Å². The topological polar surface area (TPSA) is 78.4 Å². The SMILES string of the molecule is Nc1c(COc2cc(F)cc(Br)c2)cccc1[N+](=O)[O-]. The molecule has 0 aliphatic carbocycles. The van der Waals surface area contributed by atoms with E-state index in [0.717, 1.165) is 0 Å². The molecule has 7 heteroatoms. The molecular formula is C13H10BrFN2O3. The molecule has 0 spiro atoms. The lowest BCUT2D eigenvalue weighted by molar-refractivity contribution is -0.384. The summed E-state index contributed by atoms with van der Waals surface area (Å²) in [6, 6.07) is 8.58. The highest BCUT2D eigenvalue weighted by molar-refractivity contribution is 9.10. The van der Waals surface area contributed by atoms with Crippen molar-refractivity contribution in [3.8, 4) is 5.75 Å². The van der Waals surface area contributed by atoms with Gasteiger partial charge in [0.05, 0.1) is 4.92 Å². The largest absolute Gasteiger partial charge is 0.489 e. The van der Waals surface area contributed by atoms with Gasteiger partial charge in [-0.15, -0.1) is 0 Å². The van der Waals surface area contributed by atoms with Crippen LogP contribution in [0.1, 0.15) is 5.56 Å². The number of nitrogen functional groups attached to an aromatic ring is 1. The van der Waals surface area contributed by atoms with Crippen LogP contribution in [0.25, 0.3) is 0 Å². The number of nitrogens with two attached hydrogens (primary N) is 1. The molecule has 0 atom stereocenters. The fourth-order valence-electron chi connectivity index (χ4n) is 1.66. The van der Waals surface area contributed by atoms with E-state index in [1.807, 2.05) is 0 Å². The average molecular weight is 341 g/mol. The summed E-state index contributed by atoms with van der Waals surface area (Å²) in [7, 11) is 0. The van der Waals surface area contributed by atoms with E-state index in [4.69, 9.17) is 10.5 Å². The van der Waals surface area contributed by atoms with Crippen LogP contribution in [0, 0.1) is 15.9 Å². The van der Waals surface area contributed by atoms with Crippen molar-refractivity contribution >= 4 is 27.3 Å². The van der Waals surface area contributed by atoms with Crippen LogP contribution in [0.5, 0.6) is 5.75 Å². The third-order valence-electron chi connectivity index (χ3n) is 2.60. The Kier molecular flexibility index (Phi) is 4.19. The molecular weight excluding hydrogens is 331 g/mol. The molecule has 2 N–H and O–H groups in total. The summed E-state index contributed by atoms with van der Waals surface area (Å²) in [5.41, 5.74) is 6.05. The predicted molar refractivity (Wildman–Crippen MR) is 75.9 cm³/mol. The number of hydrogen-bond acceptors (Lipinski definition) is 4. The monoisotopic (exact) mass is 340 g/mol. The van der Waals surface area contributed by atoms with Gasteiger partial charge in [0.2, 0.25) is 0 Å². The zero-order valence-electron chi connectivity index (χ0n) is 10.2. The van der Waals surface area contributed by atoms with Crippen molar-refractivity contribution in [1.82, 2.24) is 0 Å². The summed E-state index contributed by atoms with van der Waals surface area (Å²) in [6.07, 6.45) is 0. The van der Waals surface area contributed by atoms with Crippen LogP contribution >= 0.6 is 15.9 Å². The predicted octanol–water partition coefficient (Wildman–Crippen LogP) is 3.66. The zero-order chi connectivity index (χ0) is 14.7. The zero-order valence-corrected chi connectivity index (χ0v) is 11.8. The number of rotatable bonds is 4. The van der Waals surface area contributed by atoms with Crippen molar-refractivity contribution in [3.05, 3.63) is 62.4 Å². The van der Waals surface area contributed by atoms with Gasteiger partial charge in [-0.05, 0) is 12.1 Å². The maximum Gasteiger partial charge on any atom is 0.292 e. The molecule has 0 fully saturated rings. The van der Waals surface area contributed by atoms with Crippen molar-refractivity contribution in [2.45, 2.75) is 6.61 Å². The quantitative estimate of drug-likeness (QED) is 0.523. The Morgan fingerprint density at radius 2 is 2.10 bits per heavy atom. The average Bonchev–Trinajstić information content (AvgIpc) is 2.36. The van der Waals surface area contributed by atoms with Gasteiger partial charge in [0.1, 0.15) is 23.9 Å². The van der Waals surface area contributed by atoms with Crippen LogP contribution in [0.4, 0.5) is 15.8 Å². The van der Waals surface area contributed by atoms with Crippen molar-refractivity contribution in [1.29, 1.82) is 0 Å². The van der Waals surface area contributed by atoms with Crippen LogP contribution in [0.3, 0.4) is 0 Å². The van der Waals surface area contributed by atoms with E-state index in [2.05, 4.69) is 15.9 Å². The van der Waals surface area contributed by atoms with Crippen molar-refractivity contribution in [2.24, 2.45) is 0 Å². The molecule has 0 radical (unpaired) electrons.